The van der Waals surface area contributed by atoms with Crippen molar-refractivity contribution in [1.82, 2.24) is 4.98 Å². The van der Waals surface area contributed by atoms with Crippen molar-refractivity contribution in [3.05, 3.63) is 72.4 Å². The van der Waals surface area contributed by atoms with Crippen molar-refractivity contribution in [2.24, 2.45) is 0 Å². The standard InChI is InChI=1S/C18H19NO3Si/c1-20-23(21-2,17-8-4-3-5-9-17)22-14-15-10-11-18-16(13-15)7-6-12-19-18/h3-13H,14H2,1-2H3. The Labute approximate surface area is 137 Å². The van der Waals surface area contributed by atoms with E-state index in [1.165, 1.54) is 0 Å². The van der Waals surface area contributed by atoms with Gasteiger partial charge in [0.05, 0.1) is 12.1 Å². The van der Waals surface area contributed by atoms with Crippen LogP contribution >= 0.6 is 0 Å². The minimum atomic E-state index is -2.89. The van der Waals surface area contributed by atoms with Gasteiger partial charge < -0.3 is 13.3 Å². The number of hydrogen-bond donors (Lipinski definition) is 0. The summed E-state index contributed by atoms with van der Waals surface area (Å²) >= 11 is 0. The summed E-state index contributed by atoms with van der Waals surface area (Å²) in [5.74, 6) is 0. The zero-order valence-corrected chi connectivity index (χ0v) is 14.2. The second kappa shape index (κ2) is 7.02. The Balaban J connectivity index is 1.83. The molecule has 0 saturated carbocycles. The lowest BCUT2D eigenvalue weighted by Crippen LogP contribution is -2.55. The van der Waals surface area contributed by atoms with Crippen LogP contribution in [0.25, 0.3) is 10.9 Å². The van der Waals surface area contributed by atoms with E-state index in [0.717, 1.165) is 21.7 Å². The molecule has 2 aromatic carbocycles. The van der Waals surface area contributed by atoms with E-state index < -0.39 is 8.80 Å². The van der Waals surface area contributed by atoms with Crippen molar-refractivity contribution in [3.63, 3.8) is 0 Å². The Kier molecular flexibility index (Phi) is 4.83. The van der Waals surface area contributed by atoms with Crippen molar-refractivity contribution in [1.29, 1.82) is 0 Å². The first-order chi connectivity index (χ1) is 11.3. The van der Waals surface area contributed by atoms with E-state index in [9.17, 15) is 0 Å². The Morgan fingerprint density at radius 3 is 2.43 bits per heavy atom. The molecule has 118 valence electrons. The predicted octanol–water partition coefficient (Wildman–Crippen LogP) is 2.89. The lowest BCUT2D eigenvalue weighted by molar-refractivity contribution is 0.107. The van der Waals surface area contributed by atoms with Gasteiger partial charge in [-0.1, -0.05) is 42.5 Å². The number of pyridine rings is 1. The van der Waals surface area contributed by atoms with Gasteiger partial charge in [-0.05, 0) is 23.8 Å². The third kappa shape index (κ3) is 3.33. The van der Waals surface area contributed by atoms with Gasteiger partial charge in [0, 0.05) is 31.0 Å². The summed E-state index contributed by atoms with van der Waals surface area (Å²) in [5.41, 5.74) is 2.04. The quantitative estimate of drug-likeness (QED) is 0.654. The van der Waals surface area contributed by atoms with Gasteiger partial charge in [-0.25, -0.2) is 0 Å². The highest BCUT2D eigenvalue weighted by molar-refractivity contribution is 6.75. The number of benzene rings is 2. The normalized spacial score (nSPS) is 11.7. The van der Waals surface area contributed by atoms with Crippen LogP contribution in [0.5, 0.6) is 0 Å². The highest BCUT2D eigenvalue weighted by Gasteiger charge is 2.41. The fraction of sp³-hybridized carbons (Fsp3) is 0.167. The van der Waals surface area contributed by atoms with E-state index >= 15 is 0 Å². The van der Waals surface area contributed by atoms with E-state index in [4.69, 9.17) is 13.3 Å². The molecule has 3 rings (SSSR count). The first-order valence-electron chi connectivity index (χ1n) is 7.41. The molecule has 1 heterocycles. The van der Waals surface area contributed by atoms with Gasteiger partial charge in [-0.3, -0.25) is 4.98 Å². The number of hydrogen-bond acceptors (Lipinski definition) is 4. The Hall–Kier alpha value is -2.05. The second-order valence-corrected chi connectivity index (χ2v) is 7.94. The molecule has 0 bridgehead atoms. The summed E-state index contributed by atoms with van der Waals surface area (Å²) < 4.78 is 17.5. The van der Waals surface area contributed by atoms with Gasteiger partial charge in [0.1, 0.15) is 0 Å². The minimum absolute atomic E-state index is 0.424. The van der Waals surface area contributed by atoms with Gasteiger partial charge in [0.15, 0.2) is 0 Å². The van der Waals surface area contributed by atoms with Crippen LogP contribution in [0, 0.1) is 0 Å². The molecule has 0 N–H and O–H groups in total. The van der Waals surface area contributed by atoms with Crippen LogP contribution in [0.4, 0.5) is 0 Å². The molecule has 0 saturated heterocycles. The lowest BCUT2D eigenvalue weighted by atomic mass is 10.1. The van der Waals surface area contributed by atoms with Crippen molar-refractivity contribution < 1.29 is 13.3 Å². The zero-order chi connectivity index (χ0) is 16.1. The fourth-order valence-corrected chi connectivity index (χ4v) is 4.55. The zero-order valence-electron chi connectivity index (χ0n) is 13.2. The van der Waals surface area contributed by atoms with Gasteiger partial charge >= 0.3 is 8.80 Å². The van der Waals surface area contributed by atoms with Crippen molar-refractivity contribution in [2.45, 2.75) is 6.61 Å². The van der Waals surface area contributed by atoms with E-state index in [0.29, 0.717) is 6.61 Å². The molecule has 0 aliphatic carbocycles. The van der Waals surface area contributed by atoms with Crippen LogP contribution in [0.1, 0.15) is 5.56 Å². The molecule has 0 atom stereocenters. The Morgan fingerprint density at radius 1 is 0.913 bits per heavy atom. The average molecular weight is 325 g/mol. The smallest absolute Gasteiger partial charge is 0.373 e. The monoisotopic (exact) mass is 325 g/mol. The molecule has 0 radical (unpaired) electrons. The molecule has 0 aliphatic heterocycles. The molecule has 3 aromatic rings. The Morgan fingerprint density at radius 2 is 1.70 bits per heavy atom. The molecular weight excluding hydrogens is 306 g/mol. The summed E-state index contributed by atoms with van der Waals surface area (Å²) in [6.45, 7) is 0.424. The number of fused-ring (bicyclic) bond motifs is 1. The number of aromatic nitrogens is 1. The van der Waals surface area contributed by atoms with Gasteiger partial charge in [0.2, 0.25) is 0 Å². The fourth-order valence-electron chi connectivity index (χ4n) is 2.56. The molecule has 4 nitrogen and oxygen atoms in total. The van der Waals surface area contributed by atoms with Gasteiger partial charge in [-0.2, -0.15) is 0 Å². The SMILES string of the molecule is CO[Si](OC)(OCc1ccc2ncccc2c1)c1ccccc1. The topological polar surface area (TPSA) is 40.6 Å². The Bertz CT molecular complexity index is 775. The minimum Gasteiger partial charge on any atom is -0.373 e. The molecular formula is C18H19NO3Si. The predicted molar refractivity (Wildman–Crippen MR) is 92.4 cm³/mol. The summed E-state index contributed by atoms with van der Waals surface area (Å²) in [7, 11) is 0.379. The maximum absolute atomic E-state index is 6.12. The first-order valence-corrected chi connectivity index (χ1v) is 9.13. The number of nitrogens with zero attached hydrogens (tertiary/aromatic N) is 1. The van der Waals surface area contributed by atoms with Crippen LogP contribution in [0.15, 0.2) is 66.9 Å². The average Bonchev–Trinajstić information content (AvgIpc) is 2.64. The lowest BCUT2D eigenvalue weighted by Gasteiger charge is -2.26. The summed E-state index contributed by atoms with van der Waals surface area (Å²) in [6, 6.07) is 19.9. The maximum atomic E-state index is 6.12. The van der Waals surface area contributed by atoms with E-state index in [1.807, 2.05) is 54.6 Å². The molecule has 0 aliphatic rings. The van der Waals surface area contributed by atoms with E-state index in [2.05, 4.69) is 11.1 Å². The highest BCUT2D eigenvalue weighted by atomic mass is 28.4. The van der Waals surface area contributed by atoms with Crippen molar-refractivity contribution in [3.8, 4) is 0 Å². The molecule has 0 amide bonds. The van der Waals surface area contributed by atoms with Crippen LogP contribution in [-0.2, 0) is 19.9 Å². The number of rotatable bonds is 6. The van der Waals surface area contributed by atoms with Crippen LogP contribution in [0.3, 0.4) is 0 Å². The molecule has 23 heavy (non-hydrogen) atoms. The van der Waals surface area contributed by atoms with Crippen molar-refractivity contribution in [2.75, 3.05) is 14.2 Å². The molecule has 0 spiro atoms. The molecule has 0 unspecified atom stereocenters. The largest absolute Gasteiger partial charge is 0.536 e. The van der Waals surface area contributed by atoms with Gasteiger partial charge in [-0.15, -0.1) is 0 Å². The van der Waals surface area contributed by atoms with E-state index in [1.54, 1.807) is 20.4 Å². The molecule has 1 aromatic heterocycles. The van der Waals surface area contributed by atoms with Gasteiger partial charge in [0.25, 0.3) is 0 Å². The first kappa shape index (κ1) is 15.8. The van der Waals surface area contributed by atoms with Crippen LogP contribution in [-0.4, -0.2) is 28.0 Å². The highest BCUT2D eigenvalue weighted by Crippen LogP contribution is 2.17. The van der Waals surface area contributed by atoms with E-state index in [-0.39, 0.29) is 0 Å². The van der Waals surface area contributed by atoms with Crippen molar-refractivity contribution >= 4 is 24.9 Å². The van der Waals surface area contributed by atoms with Crippen LogP contribution < -0.4 is 5.19 Å². The molecule has 0 fully saturated rings. The third-order valence-corrected chi connectivity index (χ3v) is 6.40. The summed E-state index contributed by atoms with van der Waals surface area (Å²) in [5, 5.41) is 2.04. The summed E-state index contributed by atoms with van der Waals surface area (Å²) in [4.78, 5) is 4.33. The van der Waals surface area contributed by atoms with Crippen LogP contribution in [0.2, 0.25) is 0 Å². The molecule has 5 heteroatoms. The second-order valence-electron chi connectivity index (χ2n) is 5.15. The summed E-state index contributed by atoms with van der Waals surface area (Å²) in [6.07, 6.45) is 1.79. The third-order valence-electron chi connectivity index (χ3n) is 3.76. The maximum Gasteiger partial charge on any atom is 0.536 e.